The number of hydrogen-bond acceptors (Lipinski definition) is 4. The summed E-state index contributed by atoms with van der Waals surface area (Å²) in [5, 5.41) is 2.14. The molecular weight excluding hydrogens is 820 g/mol. The normalized spacial score (nSPS) is 14.9. The van der Waals surface area contributed by atoms with Crippen molar-refractivity contribution in [2.45, 2.75) is 45.4 Å². The summed E-state index contributed by atoms with van der Waals surface area (Å²) in [5.74, 6) is 1.85. The first-order chi connectivity index (χ1) is 25.8. The third-order valence-corrected chi connectivity index (χ3v) is 10.3. The summed E-state index contributed by atoms with van der Waals surface area (Å²) in [6.45, 7) is 10.3. The van der Waals surface area contributed by atoms with Crippen LogP contribution in [-0.2, 0) is 31.9 Å². The second-order valence-corrected chi connectivity index (χ2v) is 14.9. The van der Waals surface area contributed by atoms with Crippen LogP contribution in [0.1, 0.15) is 61.0 Å². The fourth-order valence-electron chi connectivity index (χ4n) is 7.60. The Morgan fingerprint density at radius 2 is 1.50 bits per heavy atom. The van der Waals surface area contributed by atoms with Crippen molar-refractivity contribution in [2.75, 3.05) is 11.9 Å². The van der Waals surface area contributed by atoms with Crippen molar-refractivity contribution in [1.29, 1.82) is 0 Å². The van der Waals surface area contributed by atoms with Gasteiger partial charge >= 0.3 is 0 Å². The van der Waals surface area contributed by atoms with Crippen LogP contribution in [0.3, 0.4) is 0 Å². The van der Waals surface area contributed by atoms with Gasteiger partial charge in [0.25, 0.3) is 0 Å². The van der Waals surface area contributed by atoms with Gasteiger partial charge in [0, 0.05) is 59.5 Å². The zero-order chi connectivity index (χ0) is 37.6. The van der Waals surface area contributed by atoms with Crippen LogP contribution < -0.4 is 9.64 Å². The van der Waals surface area contributed by atoms with E-state index in [1.807, 2.05) is 47.5 Å². The van der Waals surface area contributed by atoms with Crippen LogP contribution in [0, 0.1) is 18.8 Å². The summed E-state index contributed by atoms with van der Waals surface area (Å²) in [4.78, 5) is 8.11. The molecule has 0 amide bonds. The van der Waals surface area contributed by atoms with Crippen molar-refractivity contribution in [3.05, 3.63) is 163 Å². The molecule has 2 aliphatic rings. The van der Waals surface area contributed by atoms with Crippen molar-refractivity contribution in [1.82, 2.24) is 14.5 Å². The molecule has 7 aromatic rings. The smallest absolute Gasteiger partial charge is 0.135 e. The summed E-state index contributed by atoms with van der Waals surface area (Å²) < 4.78 is 33.3. The Bertz CT molecular complexity index is 2640. The molecule has 2 aliphatic heterocycles. The van der Waals surface area contributed by atoms with Crippen LogP contribution in [0.5, 0.6) is 11.5 Å². The predicted molar refractivity (Wildman–Crippen MR) is 208 cm³/mol. The number of hydrogen-bond donors (Lipinski definition) is 0. The Morgan fingerprint density at radius 3 is 2.29 bits per heavy atom. The van der Waals surface area contributed by atoms with Crippen LogP contribution in [0.15, 0.2) is 122 Å². The molecule has 0 atom stereocenters. The molecule has 5 nitrogen and oxygen atoms in total. The molecule has 4 heterocycles. The van der Waals surface area contributed by atoms with Gasteiger partial charge in [-0.05, 0) is 58.9 Å². The Morgan fingerprint density at radius 1 is 0.750 bits per heavy atom. The van der Waals surface area contributed by atoms with Gasteiger partial charge in [0.2, 0.25) is 0 Å². The summed E-state index contributed by atoms with van der Waals surface area (Å²) >= 11 is 0. The topological polar surface area (TPSA) is 33.5 Å². The maximum absolute atomic E-state index is 8.16. The van der Waals surface area contributed by atoms with Gasteiger partial charge < -0.3 is 19.1 Å². The average molecular weight is 862 g/mol. The molecule has 52 heavy (non-hydrogen) atoms. The van der Waals surface area contributed by atoms with E-state index in [0.29, 0.717) is 11.5 Å². The first kappa shape index (κ1) is 30.5. The number of aromatic nitrogens is 2. The summed E-state index contributed by atoms with van der Waals surface area (Å²) in [6, 6.07) is 44.6. The van der Waals surface area contributed by atoms with E-state index in [9.17, 15) is 0 Å². The van der Waals surface area contributed by atoms with Gasteiger partial charge in [-0.1, -0.05) is 124 Å². The molecule has 0 aliphatic carbocycles. The Hall–Kier alpha value is -5.12. The molecule has 0 fully saturated rings. The maximum atomic E-state index is 8.16. The molecule has 5 aromatic carbocycles. The van der Waals surface area contributed by atoms with E-state index in [0.717, 1.165) is 66.8 Å². The molecule has 0 radical (unpaired) electrons. The number of rotatable bonds is 5. The number of benzene rings is 5. The van der Waals surface area contributed by atoms with Crippen molar-refractivity contribution in [3.8, 4) is 28.4 Å². The zero-order valence-electron chi connectivity index (χ0n) is 32.6. The van der Waals surface area contributed by atoms with E-state index >= 15 is 0 Å². The van der Waals surface area contributed by atoms with Crippen LogP contribution in [0.2, 0.25) is 0 Å². The second-order valence-electron chi connectivity index (χ2n) is 14.9. The summed E-state index contributed by atoms with van der Waals surface area (Å²) in [5.41, 5.74) is 9.34. The van der Waals surface area contributed by atoms with E-state index in [4.69, 9.17) is 13.8 Å². The van der Waals surface area contributed by atoms with Gasteiger partial charge in [-0.15, -0.1) is 40.8 Å². The monoisotopic (exact) mass is 861 g/mol. The summed E-state index contributed by atoms with van der Waals surface area (Å²) in [7, 11) is 0. The first-order valence-electron chi connectivity index (χ1n) is 18.8. The minimum absolute atomic E-state index is 0. The maximum Gasteiger partial charge on any atom is 0.135 e. The molecule has 0 bridgehead atoms. The van der Waals surface area contributed by atoms with E-state index in [-0.39, 0.29) is 31.9 Å². The van der Waals surface area contributed by atoms with Gasteiger partial charge in [0.05, 0.1) is 0 Å². The number of anilines is 1. The summed E-state index contributed by atoms with van der Waals surface area (Å²) in [6.07, 6.45) is 3.58. The number of ether oxygens (including phenoxy) is 1. The Balaban J connectivity index is 0.00000427. The number of pyridine rings is 1. The average Bonchev–Trinajstić information content (AvgIpc) is 3.76. The molecule has 6 heteroatoms. The van der Waals surface area contributed by atoms with Crippen LogP contribution in [0.4, 0.5) is 5.69 Å². The Kier molecular flexibility index (Phi) is 7.35. The third-order valence-electron chi connectivity index (χ3n) is 10.3. The van der Waals surface area contributed by atoms with Crippen molar-refractivity contribution in [3.63, 3.8) is 0 Å². The molecule has 0 spiro atoms. The molecule has 262 valence electrons. The third kappa shape index (κ3) is 5.45. The zero-order valence-corrected chi connectivity index (χ0v) is 31.9. The van der Waals surface area contributed by atoms with E-state index < -0.39 is 6.98 Å². The number of para-hydroxylation sites is 1. The van der Waals surface area contributed by atoms with Crippen molar-refractivity contribution >= 4 is 33.2 Å². The first-order valence-corrected chi connectivity index (χ1v) is 17.3. The minimum Gasteiger partial charge on any atom is -0.510 e. The number of nitrogens with zero attached hydrogens (tertiary/aromatic N) is 4. The van der Waals surface area contributed by atoms with E-state index in [1.165, 1.54) is 10.5 Å². The van der Waals surface area contributed by atoms with Gasteiger partial charge in [-0.3, -0.25) is 0 Å². The Labute approximate surface area is 324 Å². The van der Waals surface area contributed by atoms with E-state index in [2.05, 4.69) is 124 Å². The van der Waals surface area contributed by atoms with Crippen LogP contribution >= 0.6 is 0 Å². The molecule has 0 N–H and O–H groups in total. The van der Waals surface area contributed by atoms with Crippen LogP contribution in [0.25, 0.3) is 44.4 Å². The second kappa shape index (κ2) is 12.5. The van der Waals surface area contributed by atoms with Gasteiger partial charge in [0.1, 0.15) is 5.82 Å². The molecule has 0 saturated carbocycles. The van der Waals surface area contributed by atoms with Gasteiger partial charge in [-0.2, -0.15) is 12.7 Å². The van der Waals surface area contributed by atoms with Crippen molar-refractivity contribution < 1.29 is 29.9 Å². The van der Waals surface area contributed by atoms with Crippen LogP contribution in [-0.4, -0.2) is 21.4 Å². The predicted octanol–water partition coefficient (Wildman–Crippen LogP) is 11.0. The fraction of sp³-hybridized carbons (Fsp3) is 0.174. The number of fused-ring (bicyclic) bond motifs is 9. The molecule has 0 unspecified atom stereocenters. The standard InChI is InChI=1S/C46H39N4O.Pt/c1-45(2,3)38-25-33(27-41-44(38)37-18-11-10-17-35(37)42-28-48(6)29-49(41)42)51-32-20-21-36-34-16-12-13-19-39(34)50(40(36)26-32)43-24-31(22-23-47-43)46(4,5)30-14-8-7-9-15-30;/h7-25,28-29H,1-6H3;/q-3;/i6D3;. The minimum atomic E-state index is -2.34. The largest absolute Gasteiger partial charge is 0.510 e. The van der Waals surface area contributed by atoms with E-state index in [1.54, 1.807) is 12.9 Å². The molecule has 2 aromatic heterocycles. The fourth-order valence-corrected chi connectivity index (χ4v) is 7.60. The van der Waals surface area contributed by atoms with Gasteiger partial charge in [-0.25, -0.2) is 4.98 Å². The molecule has 0 saturated heterocycles. The van der Waals surface area contributed by atoms with Gasteiger partial charge in [0.15, 0.2) is 0 Å². The quantitative estimate of drug-likeness (QED) is 0.162. The SMILES string of the molecule is [2H]C([2H])([2H])N1C=C2c3ccccc3-c3c([c-]c(Oc4[c-]c5c(cc4)c4ccccc4n5-c4cc(C(C)(C)c5ccccc5)ccn4)cc3C(C)(C)C)N2[CH-]1.[Pt]. The molecular formula is C46H39N4OPt-3. The van der Waals surface area contributed by atoms with Crippen molar-refractivity contribution in [2.24, 2.45) is 0 Å². The molecule has 9 rings (SSSR count).